The highest BCUT2D eigenvalue weighted by atomic mass is 32.1. The molecule has 0 saturated heterocycles. The number of hydrogen-bond acceptors (Lipinski definition) is 4. The van der Waals surface area contributed by atoms with Crippen molar-refractivity contribution >= 4 is 17.3 Å². The maximum absolute atomic E-state index is 8.79. The number of nitriles is 1. The number of rotatable bonds is 5. The Morgan fingerprint density at radius 3 is 2.68 bits per heavy atom. The average Bonchev–Trinajstić information content (AvgIpc) is 2.96. The third kappa shape index (κ3) is 4.86. The Labute approximate surface area is 134 Å². The number of nitrogens with one attached hydrogen (secondary N) is 2. The summed E-state index contributed by atoms with van der Waals surface area (Å²) in [7, 11) is 0. The van der Waals surface area contributed by atoms with Crippen molar-refractivity contribution in [3.63, 3.8) is 0 Å². The largest absolute Gasteiger partial charge is 0.357 e. The third-order valence-electron chi connectivity index (χ3n) is 2.92. The van der Waals surface area contributed by atoms with Crippen LogP contribution in [0.25, 0.3) is 0 Å². The normalized spacial score (nSPS) is 11.0. The predicted molar refractivity (Wildman–Crippen MR) is 89.7 cm³/mol. The molecule has 2 N–H and O–H groups in total. The minimum Gasteiger partial charge on any atom is -0.357 e. The van der Waals surface area contributed by atoms with E-state index in [1.165, 1.54) is 4.88 Å². The van der Waals surface area contributed by atoms with Gasteiger partial charge in [-0.05, 0) is 31.5 Å². The highest BCUT2D eigenvalue weighted by Crippen LogP contribution is 2.10. The van der Waals surface area contributed by atoms with E-state index in [1.807, 2.05) is 44.3 Å². The third-order valence-corrected chi connectivity index (χ3v) is 3.84. The molecule has 114 valence electrons. The Balaban J connectivity index is 1.95. The van der Waals surface area contributed by atoms with Crippen LogP contribution in [-0.2, 0) is 13.1 Å². The van der Waals surface area contributed by atoms with Gasteiger partial charge >= 0.3 is 0 Å². The van der Waals surface area contributed by atoms with E-state index in [0.29, 0.717) is 18.7 Å². The molecule has 22 heavy (non-hydrogen) atoms. The van der Waals surface area contributed by atoms with Gasteiger partial charge in [0.25, 0.3) is 0 Å². The average molecular weight is 313 g/mol. The topological polar surface area (TPSA) is 73.1 Å². The van der Waals surface area contributed by atoms with Crippen molar-refractivity contribution in [2.24, 2.45) is 4.99 Å². The zero-order valence-electron chi connectivity index (χ0n) is 12.8. The van der Waals surface area contributed by atoms with Crippen LogP contribution in [0, 0.1) is 18.3 Å². The Morgan fingerprint density at radius 1 is 1.32 bits per heavy atom. The quantitative estimate of drug-likeness (QED) is 0.657. The van der Waals surface area contributed by atoms with Crippen LogP contribution >= 0.6 is 11.3 Å². The van der Waals surface area contributed by atoms with Crippen LogP contribution in [-0.4, -0.2) is 17.5 Å². The Hall–Kier alpha value is -2.39. The zero-order chi connectivity index (χ0) is 15.8. The first-order valence-corrected chi connectivity index (χ1v) is 7.95. The van der Waals surface area contributed by atoms with E-state index < -0.39 is 0 Å². The molecule has 0 saturated carbocycles. The van der Waals surface area contributed by atoms with Crippen molar-refractivity contribution in [3.05, 3.63) is 51.5 Å². The summed E-state index contributed by atoms with van der Waals surface area (Å²) in [5, 5.41) is 16.3. The number of benzene rings is 1. The van der Waals surface area contributed by atoms with Gasteiger partial charge in [0, 0.05) is 17.6 Å². The second-order valence-electron chi connectivity index (χ2n) is 4.72. The fourth-order valence-corrected chi connectivity index (χ4v) is 2.57. The van der Waals surface area contributed by atoms with Crippen molar-refractivity contribution in [2.75, 3.05) is 6.54 Å². The van der Waals surface area contributed by atoms with Crippen molar-refractivity contribution in [1.82, 2.24) is 15.6 Å². The summed E-state index contributed by atoms with van der Waals surface area (Å²) in [4.78, 5) is 10.1. The molecule has 1 heterocycles. The number of guanidine groups is 1. The maximum atomic E-state index is 8.79. The molecule has 6 heteroatoms. The minimum absolute atomic E-state index is 0.567. The van der Waals surface area contributed by atoms with Gasteiger partial charge in [0.05, 0.1) is 24.7 Å². The molecule has 5 nitrogen and oxygen atoms in total. The van der Waals surface area contributed by atoms with Gasteiger partial charge in [0.2, 0.25) is 0 Å². The lowest BCUT2D eigenvalue weighted by Crippen LogP contribution is -2.36. The van der Waals surface area contributed by atoms with E-state index in [1.54, 1.807) is 11.3 Å². The second kappa shape index (κ2) is 8.15. The molecular weight excluding hydrogens is 294 g/mol. The van der Waals surface area contributed by atoms with Crippen LogP contribution in [0.1, 0.15) is 27.9 Å². The highest BCUT2D eigenvalue weighted by molar-refractivity contribution is 7.11. The molecule has 0 atom stereocenters. The number of thiazole rings is 1. The molecule has 2 aromatic rings. The van der Waals surface area contributed by atoms with Crippen molar-refractivity contribution in [3.8, 4) is 6.07 Å². The molecule has 0 aliphatic rings. The number of aryl methyl sites for hydroxylation is 1. The van der Waals surface area contributed by atoms with Crippen LogP contribution in [0.3, 0.4) is 0 Å². The lowest BCUT2D eigenvalue weighted by Gasteiger charge is -2.10. The first-order chi connectivity index (χ1) is 10.7. The molecule has 0 aliphatic carbocycles. The summed E-state index contributed by atoms with van der Waals surface area (Å²) in [6, 6.07) is 9.58. The molecule has 0 fully saturated rings. The summed E-state index contributed by atoms with van der Waals surface area (Å²) >= 11 is 1.68. The molecule has 0 radical (unpaired) electrons. The SMILES string of the molecule is CCNC(=NCc1ccc(C#N)cc1)NCc1ncc(C)s1. The minimum atomic E-state index is 0.567. The maximum Gasteiger partial charge on any atom is 0.191 e. The van der Waals surface area contributed by atoms with Crippen LogP contribution in [0.15, 0.2) is 35.5 Å². The summed E-state index contributed by atoms with van der Waals surface area (Å²) in [6.07, 6.45) is 1.88. The smallest absolute Gasteiger partial charge is 0.191 e. The van der Waals surface area contributed by atoms with Crippen LogP contribution in [0.4, 0.5) is 0 Å². The predicted octanol–water partition coefficient (Wildman–Crippen LogP) is 2.58. The van der Waals surface area contributed by atoms with Gasteiger partial charge in [-0.2, -0.15) is 5.26 Å². The fraction of sp³-hybridized carbons (Fsp3) is 0.312. The summed E-state index contributed by atoms with van der Waals surface area (Å²) in [5.74, 6) is 0.764. The summed E-state index contributed by atoms with van der Waals surface area (Å²) < 4.78 is 0. The van der Waals surface area contributed by atoms with Crippen molar-refractivity contribution in [2.45, 2.75) is 26.9 Å². The van der Waals surface area contributed by atoms with Crippen molar-refractivity contribution < 1.29 is 0 Å². The van der Waals surface area contributed by atoms with E-state index in [-0.39, 0.29) is 0 Å². The zero-order valence-corrected chi connectivity index (χ0v) is 13.6. The molecule has 1 aromatic carbocycles. The van der Waals surface area contributed by atoms with E-state index in [9.17, 15) is 0 Å². The molecular formula is C16H19N5S. The monoisotopic (exact) mass is 313 g/mol. The van der Waals surface area contributed by atoms with Gasteiger partial charge in [0.15, 0.2) is 5.96 Å². The molecule has 0 bridgehead atoms. The first kappa shape index (κ1) is 16.0. The van der Waals surface area contributed by atoms with Gasteiger partial charge in [0.1, 0.15) is 5.01 Å². The standard InChI is InChI=1S/C16H19N5S/c1-3-18-16(21-11-15-19-9-12(2)22-15)20-10-14-6-4-13(8-17)5-7-14/h4-7,9H,3,10-11H2,1-2H3,(H2,18,20,21). The van der Waals surface area contributed by atoms with Crippen LogP contribution < -0.4 is 10.6 Å². The molecule has 1 aromatic heterocycles. The number of aliphatic imine (C=N–C) groups is 1. The molecule has 0 aliphatic heterocycles. The van der Waals surface area contributed by atoms with E-state index in [4.69, 9.17) is 5.26 Å². The van der Waals surface area contributed by atoms with E-state index >= 15 is 0 Å². The fourth-order valence-electron chi connectivity index (χ4n) is 1.84. The molecule has 0 spiro atoms. The van der Waals surface area contributed by atoms with Gasteiger partial charge < -0.3 is 10.6 Å². The highest BCUT2D eigenvalue weighted by Gasteiger charge is 2.01. The van der Waals surface area contributed by atoms with Crippen molar-refractivity contribution in [1.29, 1.82) is 5.26 Å². The lowest BCUT2D eigenvalue weighted by atomic mass is 10.1. The second-order valence-corrected chi connectivity index (χ2v) is 6.04. The van der Waals surface area contributed by atoms with Crippen LogP contribution in [0.5, 0.6) is 0 Å². The first-order valence-electron chi connectivity index (χ1n) is 7.13. The molecule has 0 unspecified atom stereocenters. The van der Waals surface area contributed by atoms with Gasteiger partial charge in [-0.25, -0.2) is 9.98 Å². The van der Waals surface area contributed by atoms with E-state index in [2.05, 4.69) is 26.7 Å². The van der Waals surface area contributed by atoms with Gasteiger partial charge in [-0.3, -0.25) is 0 Å². The Bertz CT molecular complexity index is 667. The number of nitrogens with zero attached hydrogens (tertiary/aromatic N) is 3. The Kier molecular flexibility index (Phi) is 5.92. The Morgan fingerprint density at radius 2 is 2.09 bits per heavy atom. The molecule has 0 amide bonds. The van der Waals surface area contributed by atoms with Gasteiger partial charge in [-0.15, -0.1) is 11.3 Å². The number of aromatic nitrogens is 1. The summed E-state index contributed by atoms with van der Waals surface area (Å²) in [6.45, 7) is 6.11. The number of hydrogen-bond donors (Lipinski definition) is 2. The van der Waals surface area contributed by atoms with E-state index in [0.717, 1.165) is 23.1 Å². The lowest BCUT2D eigenvalue weighted by molar-refractivity contribution is 0.811. The molecule has 2 rings (SSSR count). The van der Waals surface area contributed by atoms with Crippen LogP contribution in [0.2, 0.25) is 0 Å². The van der Waals surface area contributed by atoms with Gasteiger partial charge in [-0.1, -0.05) is 12.1 Å². The summed E-state index contributed by atoms with van der Waals surface area (Å²) in [5.41, 5.74) is 1.73.